The highest BCUT2D eigenvalue weighted by Gasteiger charge is 2.07. The molecule has 0 saturated heterocycles. The predicted molar refractivity (Wildman–Crippen MR) is 105 cm³/mol. The van der Waals surface area contributed by atoms with E-state index < -0.39 is 0 Å². The van der Waals surface area contributed by atoms with Gasteiger partial charge in [0, 0.05) is 52.0 Å². The normalized spacial score (nSPS) is 11.2. The Balaban J connectivity index is 0.00000288. The summed E-state index contributed by atoms with van der Waals surface area (Å²) in [5.41, 5.74) is 1.17. The average molecular weight is 446 g/mol. The summed E-state index contributed by atoms with van der Waals surface area (Å²) in [6.07, 6.45) is 9.50. The summed E-state index contributed by atoms with van der Waals surface area (Å²) in [4.78, 5) is 6.82. The fourth-order valence-electron chi connectivity index (χ4n) is 2.30. The molecule has 0 aromatic carbocycles. The topological polar surface area (TPSA) is 76.2 Å². The van der Waals surface area contributed by atoms with Crippen LogP contribution in [0.2, 0.25) is 0 Å². The van der Waals surface area contributed by atoms with Gasteiger partial charge in [-0.15, -0.1) is 34.2 Å². The lowest BCUT2D eigenvalue weighted by molar-refractivity contribution is 0.475. The fraction of sp³-hybridized carbons (Fsp3) is 0.600. The van der Waals surface area contributed by atoms with E-state index in [9.17, 15) is 0 Å². The highest BCUT2D eigenvalue weighted by atomic mass is 127. The Labute approximate surface area is 160 Å². The summed E-state index contributed by atoms with van der Waals surface area (Å²) in [5.74, 6) is 0.931. The maximum atomic E-state index is 4.70. The molecule has 0 fully saturated rings. The van der Waals surface area contributed by atoms with E-state index in [0.29, 0.717) is 0 Å². The summed E-state index contributed by atoms with van der Waals surface area (Å²) in [6, 6.07) is 0. The molecule has 0 radical (unpaired) electrons. The quantitative estimate of drug-likeness (QED) is 0.288. The molecule has 0 aliphatic heterocycles. The standard InChI is InChI=1S/C15H26N8.HI/c1-4-16-15(21(2)10-14-9-20-22(3)11-14)17-7-5-6-8-23-12-18-19-13-23;/h9,11-13H,4-8,10H2,1-3H3,(H,16,17);1H. The number of guanidine groups is 1. The molecule has 0 amide bonds. The molecule has 0 bridgehead atoms. The van der Waals surface area contributed by atoms with E-state index in [-0.39, 0.29) is 24.0 Å². The number of nitrogens with one attached hydrogen (secondary N) is 1. The SMILES string of the molecule is CCNC(=NCCCCn1cnnc1)N(C)Cc1cnn(C)c1.I. The molecule has 1 N–H and O–H groups in total. The van der Waals surface area contributed by atoms with Crippen LogP contribution >= 0.6 is 24.0 Å². The predicted octanol–water partition coefficient (Wildman–Crippen LogP) is 1.51. The molecule has 134 valence electrons. The van der Waals surface area contributed by atoms with E-state index in [1.165, 1.54) is 5.56 Å². The molecule has 2 heterocycles. The summed E-state index contributed by atoms with van der Waals surface area (Å²) >= 11 is 0. The number of hydrogen-bond acceptors (Lipinski definition) is 4. The van der Waals surface area contributed by atoms with Gasteiger partial charge < -0.3 is 14.8 Å². The van der Waals surface area contributed by atoms with Crippen molar-refractivity contribution in [2.75, 3.05) is 20.1 Å². The number of rotatable bonds is 8. The Morgan fingerprint density at radius 3 is 2.67 bits per heavy atom. The van der Waals surface area contributed by atoms with Crippen LogP contribution in [0, 0.1) is 0 Å². The Morgan fingerprint density at radius 1 is 1.29 bits per heavy atom. The second-order valence-corrected chi connectivity index (χ2v) is 5.52. The van der Waals surface area contributed by atoms with Crippen LogP contribution in [-0.2, 0) is 20.1 Å². The molecule has 0 spiro atoms. The number of aryl methyl sites for hydroxylation is 2. The average Bonchev–Trinajstić information content (AvgIpc) is 3.17. The third-order valence-corrected chi connectivity index (χ3v) is 3.43. The van der Waals surface area contributed by atoms with Crippen LogP contribution in [0.15, 0.2) is 30.0 Å². The van der Waals surface area contributed by atoms with E-state index in [4.69, 9.17) is 4.99 Å². The smallest absolute Gasteiger partial charge is 0.193 e. The third-order valence-electron chi connectivity index (χ3n) is 3.43. The lowest BCUT2D eigenvalue weighted by Crippen LogP contribution is -2.38. The van der Waals surface area contributed by atoms with Gasteiger partial charge in [-0.3, -0.25) is 9.67 Å². The van der Waals surface area contributed by atoms with Gasteiger partial charge in [-0.05, 0) is 19.8 Å². The number of hydrogen-bond donors (Lipinski definition) is 1. The number of aliphatic imine (C=N–C) groups is 1. The second kappa shape index (κ2) is 11.0. The molecule has 0 unspecified atom stereocenters. The third kappa shape index (κ3) is 6.85. The van der Waals surface area contributed by atoms with E-state index in [1.807, 2.05) is 35.7 Å². The summed E-state index contributed by atoms with van der Waals surface area (Å²) < 4.78 is 3.81. The molecule has 0 saturated carbocycles. The van der Waals surface area contributed by atoms with Gasteiger partial charge in [0.2, 0.25) is 0 Å². The van der Waals surface area contributed by atoms with Gasteiger partial charge in [-0.25, -0.2) is 0 Å². The van der Waals surface area contributed by atoms with E-state index in [1.54, 1.807) is 12.7 Å². The van der Waals surface area contributed by atoms with Crippen molar-refractivity contribution < 1.29 is 0 Å². The fourth-order valence-corrected chi connectivity index (χ4v) is 2.30. The molecule has 0 atom stereocenters. The van der Waals surface area contributed by atoms with Crippen molar-refractivity contribution in [3.63, 3.8) is 0 Å². The molecule has 9 heteroatoms. The lowest BCUT2D eigenvalue weighted by atomic mass is 10.3. The Morgan fingerprint density at radius 2 is 2.04 bits per heavy atom. The maximum Gasteiger partial charge on any atom is 0.193 e. The van der Waals surface area contributed by atoms with Crippen LogP contribution in [-0.4, -0.2) is 55.5 Å². The first-order chi connectivity index (χ1) is 11.2. The van der Waals surface area contributed by atoms with Crippen LogP contribution in [0.4, 0.5) is 0 Å². The minimum absolute atomic E-state index is 0. The monoisotopic (exact) mass is 446 g/mol. The Kier molecular flexibility index (Phi) is 9.35. The molecule has 8 nitrogen and oxygen atoms in total. The van der Waals surface area contributed by atoms with Gasteiger partial charge in [0.15, 0.2) is 5.96 Å². The van der Waals surface area contributed by atoms with Crippen molar-refractivity contribution >= 4 is 29.9 Å². The number of halogens is 1. The van der Waals surface area contributed by atoms with E-state index in [2.05, 4.69) is 32.4 Å². The zero-order valence-electron chi connectivity index (χ0n) is 14.6. The summed E-state index contributed by atoms with van der Waals surface area (Å²) in [6.45, 7) is 5.48. The van der Waals surface area contributed by atoms with Gasteiger partial charge in [-0.1, -0.05) is 0 Å². The van der Waals surface area contributed by atoms with E-state index >= 15 is 0 Å². The first kappa shape index (κ1) is 20.4. The summed E-state index contributed by atoms with van der Waals surface area (Å²) in [7, 11) is 3.98. The first-order valence-electron chi connectivity index (χ1n) is 7.98. The Bertz CT molecular complexity index is 592. The van der Waals surface area contributed by atoms with Crippen molar-refractivity contribution in [3.8, 4) is 0 Å². The number of aromatic nitrogens is 5. The van der Waals surface area contributed by atoms with Crippen LogP contribution in [0.3, 0.4) is 0 Å². The van der Waals surface area contributed by atoms with Gasteiger partial charge in [0.1, 0.15) is 12.7 Å². The van der Waals surface area contributed by atoms with Crippen molar-refractivity contribution in [2.45, 2.75) is 32.9 Å². The molecule has 2 aromatic rings. The van der Waals surface area contributed by atoms with Crippen LogP contribution in [0.5, 0.6) is 0 Å². The van der Waals surface area contributed by atoms with Crippen LogP contribution in [0.25, 0.3) is 0 Å². The highest BCUT2D eigenvalue weighted by Crippen LogP contribution is 2.02. The minimum Gasteiger partial charge on any atom is -0.357 e. The molecular formula is C15H27IN8. The molecule has 0 aliphatic carbocycles. The molecular weight excluding hydrogens is 419 g/mol. The molecule has 0 aliphatic rings. The molecule has 2 aromatic heterocycles. The van der Waals surface area contributed by atoms with Crippen LogP contribution < -0.4 is 5.32 Å². The van der Waals surface area contributed by atoms with Gasteiger partial charge in [0.05, 0.1) is 6.20 Å². The zero-order valence-corrected chi connectivity index (χ0v) is 16.9. The maximum absolute atomic E-state index is 4.70. The van der Waals surface area contributed by atoms with Crippen molar-refractivity contribution in [3.05, 3.63) is 30.6 Å². The number of unbranched alkanes of at least 4 members (excludes halogenated alkanes) is 1. The largest absolute Gasteiger partial charge is 0.357 e. The second-order valence-electron chi connectivity index (χ2n) is 5.52. The first-order valence-corrected chi connectivity index (χ1v) is 7.98. The van der Waals surface area contributed by atoms with Gasteiger partial charge >= 0.3 is 0 Å². The molecule has 24 heavy (non-hydrogen) atoms. The van der Waals surface area contributed by atoms with Crippen molar-refractivity contribution in [1.82, 2.24) is 34.8 Å². The molecule has 2 rings (SSSR count). The highest BCUT2D eigenvalue weighted by molar-refractivity contribution is 14.0. The lowest BCUT2D eigenvalue weighted by Gasteiger charge is -2.21. The van der Waals surface area contributed by atoms with Crippen LogP contribution in [0.1, 0.15) is 25.3 Å². The van der Waals surface area contributed by atoms with E-state index in [0.717, 1.165) is 45.0 Å². The van der Waals surface area contributed by atoms with Gasteiger partial charge in [0.25, 0.3) is 0 Å². The Hall–Kier alpha value is -1.65. The zero-order chi connectivity index (χ0) is 16.5. The number of nitrogens with zero attached hydrogens (tertiary/aromatic N) is 7. The minimum atomic E-state index is 0. The van der Waals surface area contributed by atoms with Crippen molar-refractivity contribution in [2.24, 2.45) is 12.0 Å². The summed E-state index contributed by atoms with van der Waals surface area (Å²) in [5, 5.41) is 15.1. The van der Waals surface area contributed by atoms with Gasteiger partial charge in [-0.2, -0.15) is 5.10 Å². The van der Waals surface area contributed by atoms with Crippen molar-refractivity contribution in [1.29, 1.82) is 0 Å².